The molecule has 0 aliphatic carbocycles. The van der Waals surface area contributed by atoms with E-state index in [9.17, 15) is 0 Å². The second-order valence-electron chi connectivity index (χ2n) is 27.7. The van der Waals surface area contributed by atoms with Crippen molar-refractivity contribution in [2.75, 3.05) is 9.80 Å². The molecular weight excluding hydrogens is 1270 g/mol. The Kier molecular flexibility index (Phi) is 15.1. The van der Waals surface area contributed by atoms with Crippen molar-refractivity contribution in [3.8, 4) is 67.4 Å². The van der Waals surface area contributed by atoms with Crippen LogP contribution in [0.5, 0.6) is 11.5 Å². The first-order valence-electron chi connectivity index (χ1n) is 31.0. The number of pyridine rings is 1. The van der Waals surface area contributed by atoms with Crippen LogP contribution in [0.15, 0.2) is 249 Å². The van der Waals surface area contributed by atoms with Crippen LogP contribution in [0.1, 0.15) is 105 Å². The normalized spacial score (nSPS) is 12.7. The predicted octanol–water partition coefficient (Wildman–Crippen LogP) is 22.8. The van der Waals surface area contributed by atoms with Gasteiger partial charge in [-0.25, -0.2) is 0 Å². The Bertz CT molecular complexity index is 4640. The summed E-state index contributed by atoms with van der Waals surface area (Å²) in [6.07, 6.45) is 1.97. The van der Waals surface area contributed by atoms with Crippen LogP contribution in [0.25, 0.3) is 66.9 Å². The van der Waals surface area contributed by atoms with Gasteiger partial charge in [0.2, 0.25) is 0 Å². The van der Waals surface area contributed by atoms with Crippen molar-refractivity contribution in [2.24, 2.45) is 0 Å². The molecule has 12 aromatic rings. The van der Waals surface area contributed by atoms with Gasteiger partial charge < -0.3 is 4.90 Å². The first kappa shape index (κ1) is 58.9. The zero-order valence-electron chi connectivity index (χ0n) is 53.1. The predicted molar refractivity (Wildman–Crippen MR) is 370 cm³/mol. The Morgan fingerprint density at radius 2 is 0.787 bits per heavy atom. The van der Waals surface area contributed by atoms with Gasteiger partial charge in [0.15, 0.2) is 0 Å². The van der Waals surface area contributed by atoms with Crippen LogP contribution in [0.4, 0.5) is 34.3 Å². The van der Waals surface area contributed by atoms with E-state index in [-0.39, 0.29) is 21.7 Å². The molecule has 0 fully saturated rings. The van der Waals surface area contributed by atoms with E-state index in [4.69, 9.17) is 9.72 Å². The number of hydrogen-bond acceptors (Lipinski definition) is 4. The second kappa shape index (κ2) is 22.8. The number of hydrogen-bond donors (Lipinski definition) is 0. The maximum atomic E-state index is 7.31. The van der Waals surface area contributed by atoms with Gasteiger partial charge in [-0.3, -0.25) is 0 Å². The molecule has 10 aromatic carbocycles. The molecule has 0 N–H and O–H groups in total. The van der Waals surface area contributed by atoms with Gasteiger partial charge >= 0.3 is 332 Å². The molecule has 1 aliphatic rings. The van der Waals surface area contributed by atoms with E-state index in [1.54, 1.807) is 0 Å². The number of rotatable bonds is 8. The average Bonchev–Trinajstić information content (AvgIpc) is 1.91. The van der Waals surface area contributed by atoms with Crippen molar-refractivity contribution in [3.63, 3.8) is 0 Å². The Labute approximate surface area is 536 Å². The van der Waals surface area contributed by atoms with Gasteiger partial charge in [0.25, 0.3) is 0 Å². The molecule has 0 spiro atoms. The van der Waals surface area contributed by atoms with Crippen molar-refractivity contribution < 1.29 is 24.1 Å². The van der Waals surface area contributed by atoms with Crippen LogP contribution in [-0.2, 0) is 41.0 Å². The standard InChI is InChI=1S/C82H77N5O.Pt/c1-79(2,3)57-39-43-72-69(47-57)65-35-22-23-36-71(65)87(77-51-59(45-46-83-77)81(7,8)9)76-53-64(41-42-66(76)70-48-58(80(4,5)6)40-44-73(70)86(72)61-31-20-15-21-32-61)88-63-34-26-33-62(52-63)84-54-85(75-38-25-24-37-74(75)84)78-67(55-27-16-13-17-28-55)49-60(82(10,11)12)50-68(78)56-29-18-14-19-30-56;/h13-53H,1-12H3;. The first-order chi connectivity index (χ1) is 42.6. The van der Waals surface area contributed by atoms with Crippen molar-refractivity contribution in [1.29, 1.82) is 0 Å². The molecule has 0 amide bonds. The zero-order chi connectivity index (χ0) is 62.1. The van der Waals surface area contributed by atoms with E-state index >= 15 is 0 Å². The summed E-state index contributed by atoms with van der Waals surface area (Å²) in [5.74, 6) is 2.22. The molecular formula is C82H77N5OPt. The van der Waals surface area contributed by atoms with E-state index in [0.29, 0.717) is 11.5 Å². The number of aromatic nitrogens is 3. The summed E-state index contributed by atoms with van der Waals surface area (Å²) in [4.78, 5) is 10.2. The number of benzene rings is 10. The van der Waals surface area contributed by atoms with Crippen LogP contribution in [0.2, 0.25) is 0 Å². The number of anilines is 6. The van der Waals surface area contributed by atoms with Crippen molar-refractivity contribution in [2.45, 2.75) is 105 Å². The number of nitrogens with zero attached hydrogens (tertiary/aromatic N) is 5. The maximum absolute atomic E-state index is 7.31. The molecule has 13 rings (SSSR count). The van der Waals surface area contributed by atoms with Gasteiger partial charge in [-0.2, -0.15) is 0 Å². The summed E-state index contributed by atoms with van der Waals surface area (Å²) in [6.45, 7) is 27.5. The van der Waals surface area contributed by atoms with Crippen LogP contribution in [0.3, 0.4) is 0 Å². The van der Waals surface area contributed by atoms with E-state index in [1.807, 2.05) is 6.20 Å². The SMILES string of the molecule is CC(C)(C)c1ccnc(N2c3ccccc3-c3cc(C(C)(C)C)ccc3N(c3ccccc3)c3ccc(C(C)(C)C)cc3-c3ccc(Oc4cccc(-n5[c](=[Pt])n(-c6c(-c7ccccc7)cc(C(C)(C)C)cc6-c6ccccc6)c6ccccc65)c4)cc32)c1. The van der Waals surface area contributed by atoms with Crippen molar-refractivity contribution >= 4 is 45.3 Å². The van der Waals surface area contributed by atoms with E-state index < -0.39 is 0 Å². The summed E-state index contributed by atoms with van der Waals surface area (Å²) in [5, 5.41) is 0. The number of fused-ring (bicyclic) bond motifs is 7. The molecule has 0 saturated heterocycles. The summed E-state index contributed by atoms with van der Waals surface area (Å²) in [7, 11) is 0. The average molecular weight is 1340 g/mol. The van der Waals surface area contributed by atoms with Crippen molar-refractivity contribution in [1.82, 2.24) is 14.1 Å². The summed E-state index contributed by atoms with van der Waals surface area (Å²) in [5.41, 5.74) is 22.9. The monoisotopic (exact) mass is 1340 g/mol. The molecule has 6 nitrogen and oxygen atoms in total. The molecule has 0 radical (unpaired) electrons. The van der Waals surface area contributed by atoms with Gasteiger partial charge in [-0.1, -0.05) is 111 Å². The molecule has 0 bridgehead atoms. The van der Waals surface area contributed by atoms with Gasteiger partial charge in [0, 0.05) is 17.4 Å². The Morgan fingerprint density at radius 3 is 1.36 bits per heavy atom. The quantitative estimate of drug-likeness (QED) is 0.152. The van der Waals surface area contributed by atoms with E-state index in [2.05, 4.69) is 364 Å². The topological polar surface area (TPSA) is 38.5 Å². The van der Waals surface area contributed by atoms with Gasteiger partial charge in [0.05, 0.1) is 5.69 Å². The zero-order valence-corrected chi connectivity index (χ0v) is 55.4. The fraction of sp³-hybridized carbons (Fsp3) is 0.195. The minimum atomic E-state index is -0.155. The molecule has 2 aromatic heterocycles. The number of para-hydroxylation sites is 4. The van der Waals surface area contributed by atoms with Crippen LogP contribution in [0, 0.1) is 3.80 Å². The molecule has 0 atom stereocenters. The van der Waals surface area contributed by atoms with Crippen LogP contribution in [-0.4, -0.2) is 14.1 Å². The first-order valence-corrected chi connectivity index (χ1v) is 32.1. The third-order valence-corrected chi connectivity index (χ3v) is 18.4. The molecule has 7 heteroatoms. The van der Waals surface area contributed by atoms with Crippen LogP contribution < -0.4 is 14.5 Å². The molecule has 1 aliphatic heterocycles. The fourth-order valence-electron chi connectivity index (χ4n) is 12.5. The molecule has 0 unspecified atom stereocenters. The van der Waals surface area contributed by atoms with E-state index in [1.165, 1.54) is 33.4 Å². The molecule has 0 saturated carbocycles. The Morgan fingerprint density at radius 1 is 0.326 bits per heavy atom. The molecule has 446 valence electrons. The number of imidazole rings is 1. The summed E-state index contributed by atoms with van der Waals surface area (Å²) < 4.78 is 13.2. The minimum absolute atomic E-state index is 0.100. The second-order valence-corrected chi connectivity index (χ2v) is 28.7. The van der Waals surface area contributed by atoms with Gasteiger partial charge in [-0.15, -0.1) is 0 Å². The van der Waals surface area contributed by atoms with E-state index in [0.717, 1.165) is 93.8 Å². The van der Waals surface area contributed by atoms with Crippen LogP contribution >= 0.6 is 0 Å². The van der Waals surface area contributed by atoms with Gasteiger partial charge in [-0.05, 0) is 69.3 Å². The summed E-state index contributed by atoms with van der Waals surface area (Å²) >= 11 is 2.55. The van der Waals surface area contributed by atoms with Gasteiger partial charge in [0.1, 0.15) is 0 Å². The molecule has 89 heavy (non-hydrogen) atoms. The Hall–Kier alpha value is -9.09. The third-order valence-electron chi connectivity index (χ3n) is 17.4. The van der Waals surface area contributed by atoms with Crippen molar-refractivity contribution in [3.05, 3.63) is 275 Å². The fourth-order valence-corrected chi connectivity index (χ4v) is 13.5. The molecule has 3 heterocycles. The third kappa shape index (κ3) is 11.2. The summed E-state index contributed by atoms with van der Waals surface area (Å²) in [6, 6.07) is 88.8. The Balaban J connectivity index is 1.04. The number of ether oxygens (including phenoxy) is 1.